The predicted molar refractivity (Wildman–Crippen MR) is 84.9 cm³/mol. The van der Waals surface area contributed by atoms with Crippen LogP contribution >= 0.6 is 0 Å². The van der Waals surface area contributed by atoms with Crippen LogP contribution in [0.4, 0.5) is 5.69 Å². The summed E-state index contributed by atoms with van der Waals surface area (Å²) in [5, 5.41) is 13.9. The zero-order chi connectivity index (χ0) is 18.0. The van der Waals surface area contributed by atoms with Gasteiger partial charge in [-0.05, 0) is 18.6 Å². The second kappa shape index (κ2) is 6.89. The van der Waals surface area contributed by atoms with Crippen molar-refractivity contribution in [2.24, 2.45) is 0 Å². The highest BCUT2D eigenvalue weighted by Crippen LogP contribution is 2.28. The van der Waals surface area contributed by atoms with Gasteiger partial charge >= 0.3 is 5.97 Å². The van der Waals surface area contributed by atoms with E-state index in [1.54, 1.807) is 24.3 Å². The van der Waals surface area contributed by atoms with Crippen molar-refractivity contribution in [2.75, 3.05) is 25.1 Å². The predicted octanol–water partition coefficient (Wildman–Crippen LogP) is -0.561. The smallest absolute Gasteiger partial charge is 0.329 e. The van der Waals surface area contributed by atoms with Crippen molar-refractivity contribution in [2.45, 2.75) is 18.5 Å². The number of carboxylic acids is 1. The maximum atomic E-state index is 12.7. The minimum atomic E-state index is -1.17. The fourth-order valence-electron chi connectivity index (χ4n) is 3.12. The highest BCUT2D eigenvalue weighted by molar-refractivity contribution is 6.10. The van der Waals surface area contributed by atoms with Gasteiger partial charge in [0, 0.05) is 6.54 Å². The third kappa shape index (κ3) is 3.45. The van der Waals surface area contributed by atoms with Crippen LogP contribution in [0, 0.1) is 0 Å². The number of nitrogens with zero attached hydrogens (tertiary/aromatic N) is 1. The molecule has 9 nitrogen and oxygen atoms in total. The van der Waals surface area contributed by atoms with Crippen LogP contribution in [0.3, 0.4) is 0 Å². The number of nitrogens with one attached hydrogen (secondary N) is 2. The number of amides is 3. The van der Waals surface area contributed by atoms with E-state index >= 15 is 0 Å². The number of carboxylic acid groups (broad SMARTS) is 1. The lowest BCUT2D eigenvalue weighted by atomic mass is 10.1. The molecule has 0 unspecified atom stereocenters. The van der Waals surface area contributed by atoms with E-state index in [1.165, 1.54) is 4.90 Å². The molecule has 1 aromatic rings. The fourth-order valence-corrected chi connectivity index (χ4v) is 3.12. The lowest BCUT2D eigenvalue weighted by Crippen LogP contribution is -2.52. The molecule has 2 heterocycles. The average Bonchev–Trinajstić information content (AvgIpc) is 2.93. The van der Waals surface area contributed by atoms with Gasteiger partial charge in [-0.2, -0.15) is 0 Å². The number of para-hydroxylation sites is 1. The molecule has 2 atom stereocenters. The van der Waals surface area contributed by atoms with Gasteiger partial charge < -0.3 is 25.4 Å². The van der Waals surface area contributed by atoms with Gasteiger partial charge in [0.05, 0.1) is 17.3 Å². The van der Waals surface area contributed by atoms with Crippen molar-refractivity contribution in [3.05, 3.63) is 29.8 Å². The number of anilines is 1. The van der Waals surface area contributed by atoms with E-state index < -0.39 is 37.2 Å². The molecule has 132 valence electrons. The molecule has 0 aliphatic carbocycles. The van der Waals surface area contributed by atoms with E-state index in [9.17, 15) is 19.2 Å². The Hall–Kier alpha value is -2.94. The Balaban J connectivity index is 1.70. The molecule has 2 aliphatic rings. The Bertz CT molecular complexity index is 734. The molecule has 25 heavy (non-hydrogen) atoms. The molecule has 1 aromatic carbocycles. The summed E-state index contributed by atoms with van der Waals surface area (Å²) in [7, 11) is 0. The van der Waals surface area contributed by atoms with Crippen molar-refractivity contribution in [3.8, 4) is 0 Å². The molecule has 1 fully saturated rings. The largest absolute Gasteiger partial charge is 0.480 e. The number of aliphatic carboxylic acids is 1. The van der Waals surface area contributed by atoms with E-state index in [-0.39, 0.29) is 11.8 Å². The number of hydrogen-bond acceptors (Lipinski definition) is 5. The van der Waals surface area contributed by atoms with Crippen LogP contribution in [0.2, 0.25) is 0 Å². The molecule has 0 radical (unpaired) electrons. The molecule has 3 N–H and O–H groups in total. The first-order chi connectivity index (χ1) is 12.0. The van der Waals surface area contributed by atoms with E-state index in [1.807, 2.05) is 0 Å². The van der Waals surface area contributed by atoms with Crippen molar-refractivity contribution >= 4 is 29.4 Å². The monoisotopic (exact) mass is 347 g/mol. The van der Waals surface area contributed by atoms with Crippen LogP contribution in [-0.4, -0.2) is 65.5 Å². The first-order valence-electron chi connectivity index (χ1n) is 7.77. The van der Waals surface area contributed by atoms with Crippen LogP contribution in [-0.2, 0) is 19.1 Å². The van der Waals surface area contributed by atoms with Gasteiger partial charge in [0.25, 0.3) is 5.91 Å². The molecular weight excluding hydrogens is 330 g/mol. The highest BCUT2D eigenvalue weighted by Gasteiger charge is 2.45. The van der Waals surface area contributed by atoms with E-state index in [4.69, 9.17) is 9.84 Å². The van der Waals surface area contributed by atoms with Crippen molar-refractivity contribution in [1.29, 1.82) is 0 Å². The Morgan fingerprint density at radius 1 is 1.28 bits per heavy atom. The van der Waals surface area contributed by atoms with Crippen LogP contribution in [0.25, 0.3) is 0 Å². The van der Waals surface area contributed by atoms with Crippen LogP contribution in [0.1, 0.15) is 16.8 Å². The quantitative estimate of drug-likeness (QED) is 0.656. The number of carbonyl (C=O) groups excluding carboxylic acids is 3. The fraction of sp³-hybridized carbons (Fsp3) is 0.375. The van der Waals surface area contributed by atoms with Gasteiger partial charge in [0.1, 0.15) is 19.3 Å². The molecule has 3 rings (SSSR count). The summed E-state index contributed by atoms with van der Waals surface area (Å²) in [5.74, 6) is -2.34. The Morgan fingerprint density at radius 2 is 2.04 bits per heavy atom. The summed E-state index contributed by atoms with van der Waals surface area (Å²) in [4.78, 5) is 48.9. The summed E-state index contributed by atoms with van der Waals surface area (Å²) in [6.07, 6.45) is 0.427. The van der Waals surface area contributed by atoms with Gasteiger partial charge in [-0.25, -0.2) is 4.79 Å². The topological polar surface area (TPSA) is 125 Å². The standard InChI is InChI=1S/C16H17N3O6/c20-12(7-25-8-13(21)22)17-11-5-6-19-14(11)15(23)18-10-4-2-1-3-9(10)16(19)24/h1-4,11,14H,5-8H2,(H,17,20)(H,18,23)(H,21,22)/t11-,14-/m0/s1. The maximum absolute atomic E-state index is 12.7. The van der Waals surface area contributed by atoms with E-state index in [0.717, 1.165) is 0 Å². The molecule has 0 aromatic heterocycles. The van der Waals surface area contributed by atoms with Crippen LogP contribution in [0.15, 0.2) is 24.3 Å². The van der Waals surface area contributed by atoms with Gasteiger partial charge in [0.15, 0.2) is 0 Å². The molecule has 3 amide bonds. The number of carbonyl (C=O) groups is 4. The third-order valence-electron chi connectivity index (χ3n) is 4.15. The molecule has 0 bridgehead atoms. The lowest BCUT2D eigenvalue weighted by Gasteiger charge is -2.24. The van der Waals surface area contributed by atoms with E-state index in [0.29, 0.717) is 24.2 Å². The zero-order valence-corrected chi connectivity index (χ0v) is 13.2. The molecule has 2 aliphatic heterocycles. The molecular formula is C16H17N3O6. The highest BCUT2D eigenvalue weighted by atomic mass is 16.5. The number of ether oxygens (including phenoxy) is 1. The number of benzene rings is 1. The minimum Gasteiger partial charge on any atom is -0.480 e. The first kappa shape index (κ1) is 16.9. The van der Waals surface area contributed by atoms with Crippen LogP contribution in [0.5, 0.6) is 0 Å². The molecule has 0 saturated carbocycles. The van der Waals surface area contributed by atoms with Gasteiger partial charge in [0.2, 0.25) is 11.8 Å². The lowest BCUT2D eigenvalue weighted by molar-refractivity contribution is -0.143. The first-order valence-corrected chi connectivity index (χ1v) is 7.77. The van der Waals surface area contributed by atoms with Crippen molar-refractivity contribution in [3.63, 3.8) is 0 Å². The second-order valence-corrected chi connectivity index (χ2v) is 5.83. The van der Waals surface area contributed by atoms with Gasteiger partial charge in [-0.1, -0.05) is 12.1 Å². The van der Waals surface area contributed by atoms with Crippen molar-refractivity contribution < 1.29 is 29.0 Å². The number of fused-ring (bicyclic) bond motifs is 2. The minimum absolute atomic E-state index is 0.266. The Kier molecular flexibility index (Phi) is 4.66. The molecule has 0 spiro atoms. The third-order valence-corrected chi connectivity index (χ3v) is 4.15. The summed E-state index contributed by atoms with van der Waals surface area (Å²) in [6.45, 7) is -0.667. The number of rotatable bonds is 5. The SMILES string of the molecule is O=C(O)COCC(=O)N[C@H]1CCN2C(=O)c3ccccc3NC(=O)[C@H]12. The zero-order valence-electron chi connectivity index (χ0n) is 13.2. The molecule has 1 saturated heterocycles. The van der Waals surface area contributed by atoms with E-state index in [2.05, 4.69) is 10.6 Å². The number of hydrogen-bond donors (Lipinski definition) is 3. The second-order valence-electron chi connectivity index (χ2n) is 5.83. The summed E-state index contributed by atoms with van der Waals surface area (Å²) in [5.41, 5.74) is 0.858. The molecule has 9 heteroatoms. The van der Waals surface area contributed by atoms with Crippen molar-refractivity contribution in [1.82, 2.24) is 10.2 Å². The van der Waals surface area contributed by atoms with Crippen LogP contribution < -0.4 is 10.6 Å². The summed E-state index contributed by atoms with van der Waals surface area (Å²) < 4.78 is 4.73. The van der Waals surface area contributed by atoms with Gasteiger partial charge in [-0.15, -0.1) is 0 Å². The summed E-state index contributed by atoms with van der Waals surface area (Å²) in [6, 6.07) is 5.37. The normalized spacial score (nSPS) is 21.8. The van der Waals surface area contributed by atoms with Gasteiger partial charge in [-0.3, -0.25) is 14.4 Å². The Morgan fingerprint density at radius 3 is 2.80 bits per heavy atom. The summed E-state index contributed by atoms with van der Waals surface area (Å²) >= 11 is 0. The average molecular weight is 347 g/mol. The Labute approximate surface area is 142 Å². The maximum Gasteiger partial charge on any atom is 0.329 e.